The molecule has 3 aliphatic rings. The van der Waals surface area contributed by atoms with E-state index < -0.39 is 60.1 Å². The number of nitrogens with one attached hydrogen (secondary N) is 2. The second kappa shape index (κ2) is 15.0. The zero-order valence-corrected chi connectivity index (χ0v) is 28.5. The third kappa shape index (κ3) is 8.20. The van der Waals surface area contributed by atoms with Gasteiger partial charge in [0.05, 0.1) is 30.5 Å². The van der Waals surface area contributed by atoms with Gasteiger partial charge in [-0.3, -0.25) is 9.59 Å². The molecule has 252 valence electrons. The van der Waals surface area contributed by atoms with Crippen molar-refractivity contribution in [3.05, 3.63) is 12.7 Å². The topological polar surface area (TPSA) is 125 Å². The van der Waals surface area contributed by atoms with E-state index in [0.29, 0.717) is 19.4 Å². The molecule has 2 N–H and O–H groups in total. The Balaban J connectivity index is 2.02. The van der Waals surface area contributed by atoms with Crippen LogP contribution >= 0.6 is 0 Å². The van der Waals surface area contributed by atoms with Crippen molar-refractivity contribution in [1.29, 1.82) is 0 Å². The summed E-state index contributed by atoms with van der Waals surface area (Å²) in [5.74, 6) is -1.61. The second-order valence-electron chi connectivity index (χ2n) is 13.9. The van der Waals surface area contributed by atoms with E-state index in [1.807, 2.05) is 27.7 Å². The molecule has 1 amide bonds. The third-order valence-electron chi connectivity index (χ3n) is 9.86. The average Bonchev–Trinajstić information content (AvgIpc) is 3.27. The Morgan fingerprint density at radius 1 is 1.11 bits per heavy atom. The standard InChI is InChI=1S/C33H57N3O8/c1-12-14-40-32(8)17-19(3)18-34-23(7)28-33(9,44-31(39)35-28)26(13-2)42-27(38)16-25(37)22(6)29(32)43-30-21(5)24(36(10)11)15-20(4)41-30/h12,19-24,26,28-30,34H,1,13-18H2,2-11H3,(H,35,39)/t19-,20?,21?,22+,23-,24?,26-,28-,29?,30+,32-,33-/m1/s1. The summed E-state index contributed by atoms with van der Waals surface area (Å²) in [6.07, 6.45) is 0.408. The van der Waals surface area contributed by atoms with Crippen molar-refractivity contribution < 1.29 is 38.1 Å². The van der Waals surface area contributed by atoms with E-state index in [2.05, 4.69) is 50.1 Å². The molecule has 0 aromatic rings. The smallest absolute Gasteiger partial charge is 0.408 e. The van der Waals surface area contributed by atoms with Crippen LogP contribution < -0.4 is 10.6 Å². The molecular formula is C33H57N3O8. The van der Waals surface area contributed by atoms with Gasteiger partial charge in [0.15, 0.2) is 11.9 Å². The first-order chi connectivity index (χ1) is 20.6. The van der Waals surface area contributed by atoms with Crippen LogP contribution in [-0.4, -0.2) is 104 Å². The molecule has 3 fully saturated rings. The molecule has 3 heterocycles. The van der Waals surface area contributed by atoms with Crippen molar-refractivity contribution in [1.82, 2.24) is 15.5 Å². The van der Waals surface area contributed by atoms with Crippen LogP contribution in [0, 0.1) is 17.8 Å². The molecule has 0 spiro atoms. The maximum absolute atomic E-state index is 13.9. The summed E-state index contributed by atoms with van der Waals surface area (Å²) in [5, 5.41) is 6.48. The van der Waals surface area contributed by atoms with E-state index >= 15 is 0 Å². The summed E-state index contributed by atoms with van der Waals surface area (Å²) in [4.78, 5) is 41.8. The average molecular weight is 624 g/mol. The van der Waals surface area contributed by atoms with Crippen LogP contribution in [0.15, 0.2) is 12.7 Å². The molecule has 4 unspecified atom stereocenters. The maximum Gasteiger partial charge on any atom is 0.408 e. The van der Waals surface area contributed by atoms with Crippen LogP contribution in [0.5, 0.6) is 0 Å². The van der Waals surface area contributed by atoms with Gasteiger partial charge in [0.2, 0.25) is 0 Å². The number of hydrogen-bond donors (Lipinski definition) is 2. The minimum atomic E-state index is -1.12. The first kappa shape index (κ1) is 36.4. The molecule has 3 aliphatic heterocycles. The quantitative estimate of drug-likeness (QED) is 0.246. The number of hydrogen-bond acceptors (Lipinski definition) is 10. The fourth-order valence-electron chi connectivity index (χ4n) is 7.42. The number of cyclic esters (lactones) is 1. The molecular weight excluding hydrogens is 566 g/mol. The van der Waals surface area contributed by atoms with Gasteiger partial charge in [-0.25, -0.2) is 4.79 Å². The summed E-state index contributed by atoms with van der Waals surface area (Å²) in [6.45, 7) is 20.3. The monoisotopic (exact) mass is 623 g/mol. The Hall–Kier alpha value is -2.05. The van der Waals surface area contributed by atoms with Crippen molar-refractivity contribution in [2.45, 2.75) is 135 Å². The first-order valence-electron chi connectivity index (χ1n) is 16.2. The summed E-state index contributed by atoms with van der Waals surface area (Å²) in [6, 6.07) is -0.442. The number of amides is 1. The predicted molar refractivity (Wildman–Crippen MR) is 167 cm³/mol. The highest BCUT2D eigenvalue weighted by atomic mass is 16.7. The lowest BCUT2D eigenvalue weighted by Crippen LogP contribution is -2.59. The molecule has 0 aromatic heterocycles. The molecule has 3 saturated heterocycles. The molecule has 3 rings (SSSR count). The van der Waals surface area contributed by atoms with Gasteiger partial charge in [0.25, 0.3) is 0 Å². The lowest BCUT2D eigenvalue weighted by atomic mass is 9.79. The first-order valence-corrected chi connectivity index (χ1v) is 16.2. The van der Waals surface area contributed by atoms with E-state index in [1.165, 1.54) is 0 Å². The van der Waals surface area contributed by atoms with Crippen molar-refractivity contribution >= 4 is 17.8 Å². The number of esters is 1. The lowest BCUT2D eigenvalue weighted by molar-refractivity contribution is -0.282. The number of rotatable bonds is 7. The Morgan fingerprint density at radius 2 is 1.80 bits per heavy atom. The predicted octanol–water partition coefficient (Wildman–Crippen LogP) is 3.84. The van der Waals surface area contributed by atoms with Crippen LogP contribution in [0.4, 0.5) is 4.79 Å². The van der Waals surface area contributed by atoms with Crippen molar-refractivity contribution in [2.75, 3.05) is 27.2 Å². The van der Waals surface area contributed by atoms with E-state index in [4.69, 9.17) is 23.7 Å². The normalized spacial score (nSPS) is 42.8. The zero-order chi connectivity index (χ0) is 33.0. The number of nitrogens with zero attached hydrogens (tertiary/aromatic N) is 1. The number of carbonyl (C=O) groups is 3. The van der Waals surface area contributed by atoms with Crippen LogP contribution in [0.1, 0.15) is 81.1 Å². The second-order valence-corrected chi connectivity index (χ2v) is 13.9. The molecule has 0 aromatic carbocycles. The van der Waals surface area contributed by atoms with Gasteiger partial charge in [-0.1, -0.05) is 33.8 Å². The Bertz CT molecular complexity index is 1020. The van der Waals surface area contributed by atoms with Gasteiger partial charge in [-0.2, -0.15) is 0 Å². The number of fused-ring (bicyclic) bond motifs is 1. The van der Waals surface area contributed by atoms with E-state index in [0.717, 1.165) is 6.42 Å². The number of ether oxygens (including phenoxy) is 5. The maximum atomic E-state index is 13.9. The van der Waals surface area contributed by atoms with Crippen molar-refractivity contribution in [3.63, 3.8) is 0 Å². The Labute approximate surface area is 264 Å². The van der Waals surface area contributed by atoms with E-state index in [-0.39, 0.29) is 42.4 Å². The highest BCUT2D eigenvalue weighted by molar-refractivity contribution is 5.97. The molecule has 12 atom stereocenters. The van der Waals surface area contributed by atoms with Crippen LogP contribution in [0.25, 0.3) is 0 Å². The molecule has 0 radical (unpaired) electrons. The molecule has 0 bridgehead atoms. The van der Waals surface area contributed by atoms with Gasteiger partial charge in [0.1, 0.15) is 18.3 Å². The van der Waals surface area contributed by atoms with Gasteiger partial charge >= 0.3 is 12.1 Å². The minimum Gasteiger partial charge on any atom is -0.458 e. The highest BCUT2D eigenvalue weighted by Gasteiger charge is 2.55. The minimum absolute atomic E-state index is 0.0225. The van der Waals surface area contributed by atoms with Gasteiger partial charge in [-0.05, 0) is 73.5 Å². The van der Waals surface area contributed by atoms with Crippen LogP contribution in [0.2, 0.25) is 0 Å². The number of alkyl carbamates (subject to hydrolysis) is 1. The van der Waals surface area contributed by atoms with E-state index in [1.54, 1.807) is 19.9 Å². The summed E-state index contributed by atoms with van der Waals surface area (Å²) in [5.41, 5.74) is -2.05. The molecule has 11 heteroatoms. The fourth-order valence-corrected chi connectivity index (χ4v) is 7.42. The van der Waals surface area contributed by atoms with Crippen LogP contribution in [0.3, 0.4) is 0 Å². The highest BCUT2D eigenvalue weighted by Crippen LogP contribution is 2.38. The molecule has 11 nitrogen and oxygen atoms in total. The van der Waals surface area contributed by atoms with Crippen molar-refractivity contribution in [3.8, 4) is 0 Å². The molecule has 44 heavy (non-hydrogen) atoms. The summed E-state index contributed by atoms with van der Waals surface area (Å²) >= 11 is 0. The number of ketones is 1. The molecule has 0 aliphatic carbocycles. The number of Topliss-reactive ketones (excluding diaryl/α,β-unsaturated/α-hetero) is 1. The van der Waals surface area contributed by atoms with Gasteiger partial charge in [-0.15, -0.1) is 6.58 Å². The zero-order valence-electron chi connectivity index (χ0n) is 28.5. The molecule has 0 saturated carbocycles. The summed E-state index contributed by atoms with van der Waals surface area (Å²) < 4.78 is 31.3. The van der Waals surface area contributed by atoms with Crippen LogP contribution in [-0.2, 0) is 33.3 Å². The Kier molecular flexibility index (Phi) is 12.4. The van der Waals surface area contributed by atoms with Gasteiger partial charge in [0, 0.05) is 23.9 Å². The third-order valence-corrected chi connectivity index (χ3v) is 9.86. The lowest BCUT2D eigenvalue weighted by Gasteiger charge is -2.47. The summed E-state index contributed by atoms with van der Waals surface area (Å²) in [7, 11) is 4.11. The SMILES string of the molecule is C=CCO[C@]1(C)C[C@@H](C)CN[C@H](C)[C@H]2NC(=O)O[C@]2(C)[C@@H](CC)OC(=O)CC(=O)[C@H](C)C1O[C@@H]1OC(C)CC(N(C)C)C1C. The largest absolute Gasteiger partial charge is 0.458 e. The Morgan fingerprint density at radius 3 is 2.41 bits per heavy atom. The number of carbonyl (C=O) groups excluding carboxylic acids is 3. The van der Waals surface area contributed by atoms with Crippen molar-refractivity contribution in [2.24, 2.45) is 17.8 Å². The van der Waals surface area contributed by atoms with E-state index in [9.17, 15) is 14.4 Å². The fraction of sp³-hybridized carbons (Fsp3) is 0.848. The van der Waals surface area contributed by atoms with Gasteiger partial charge < -0.3 is 39.2 Å².